The Morgan fingerprint density at radius 3 is 2.57 bits per heavy atom. The van der Waals surface area contributed by atoms with Crippen LogP contribution in [0.3, 0.4) is 0 Å². The maximum absolute atomic E-state index is 11.3. The lowest BCUT2D eigenvalue weighted by atomic mass is 10.1. The number of halogens is 2. The molecular formula is C17H20Cl2N2O2. The largest absolute Gasteiger partial charge is 0.489 e. The maximum Gasteiger partial charge on any atom is 0.234 e. The number of hydrogen-bond donors (Lipinski definition) is 2. The Kier molecular flexibility index (Phi) is 7.89. The van der Waals surface area contributed by atoms with E-state index in [0.717, 1.165) is 16.9 Å². The maximum atomic E-state index is 11.3. The first-order valence-corrected chi connectivity index (χ1v) is 7.43. The van der Waals surface area contributed by atoms with Gasteiger partial charge in [0, 0.05) is 5.02 Å². The zero-order chi connectivity index (χ0) is 15.9. The summed E-state index contributed by atoms with van der Waals surface area (Å²) in [5.41, 5.74) is 7.30. The van der Waals surface area contributed by atoms with Crippen molar-refractivity contribution in [2.24, 2.45) is 5.73 Å². The predicted molar refractivity (Wildman–Crippen MR) is 95.1 cm³/mol. The van der Waals surface area contributed by atoms with Crippen LogP contribution in [-0.4, -0.2) is 12.5 Å². The van der Waals surface area contributed by atoms with E-state index in [-0.39, 0.29) is 30.9 Å². The minimum atomic E-state index is -0.172. The van der Waals surface area contributed by atoms with Crippen LogP contribution in [0.5, 0.6) is 5.75 Å². The fraction of sp³-hybridized carbons (Fsp3) is 0.235. The fourth-order valence-corrected chi connectivity index (χ4v) is 2.24. The van der Waals surface area contributed by atoms with Crippen LogP contribution in [0, 0.1) is 0 Å². The van der Waals surface area contributed by atoms with Crippen LogP contribution in [0.4, 0.5) is 0 Å². The Labute approximate surface area is 147 Å². The molecule has 2 aromatic carbocycles. The molecule has 6 heteroatoms. The molecule has 2 rings (SSSR count). The van der Waals surface area contributed by atoms with E-state index >= 15 is 0 Å². The summed E-state index contributed by atoms with van der Waals surface area (Å²) in [6, 6.07) is 15.1. The molecule has 23 heavy (non-hydrogen) atoms. The Hall–Kier alpha value is -1.75. The zero-order valence-corrected chi connectivity index (χ0v) is 14.4. The van der Waals surface area contributed by atoms with E-state index in [2.05, 4.69) is 5.32 Å². The molecule has 0 aliphatic rings. The van der Waals surface area contributed by atoms with Crippen molar-refractivity contribution >= 4 is 29.9 Å². The van der Waals surface area contributed by atoms with Gasteiger partial charge in [0.1, 0.15) is 12.4 Å². The average molecular weight is 355 g/mol. The first kappa shape index (κ1) is 19.3. The molecule has 1 unspecified atom stereocenters. The van der Waals surface area contributed by atoms with Crippen LogP contribution in [0.15, 0.2) is 48.5 Å². The molecule has 0 aromatic heterocycles. The molecular weight excluding hydrogens is 335 g/mol. The van der Waals surface area contributed by atoms with Gasteiger partial charge in [-0.2, -0.15) is 0 Å². The topological polar surface area (TPSA) is 64.4 Å². The van der Waals surface area contributed by atoms with Crippen molar-refractivity contribution in [1.82, 2.24) is 5.32 Å². The van der Waals surface area contributed by atoms with Crippen molar-refractivity contribution in [3.05, 3.63) is 64.7 Å². The molecule has 3 N–H and O–H groups in total. The Balaban J connectivity index is 0.00000264. The standard InChI is InChI=1S/C17H19ClN2O2.ClH/c1-12(20-17(21)10-19)14-5-7-16(8-6-14)22-11-13-3-2-4-15(18)9-13;/h2-9,12H,10-11,19H2,1H3,(H,20,21);1H. The summed E-state index contributed by atoms with van der Waals surface area (Å²) in [6.07, 6.45) is 0. The lowest BCUT2D eigenvalue weighted by Crippen LogP contribution is -2.32. The minimum absolute atomic E-state index is 0. The normalized spacial score (nSPS) is 11.3. The second-order valence-corrected chi connectivity index (χ2v) is 5.42. The number of nitrogens with one attached hydrogen (secondary N) is 1. The van der Waals surface area contributed by atoms with E-state index < -0.39 is 0 Å². The summed E-state index contributed by atoms with van der Waals surface area (Å²) in [6.45, 7) is 2.36. The van der Waals surface area contributed by atoms with Crippen LogP contribution in [0.2, 0.25) is 5.02 Å². The lowest BCUT2D eigenvalue weighted by Gasteiger charge is -2.14. The van der Waals surface area contributed by atoms with Crippen molar-refractivity contribution in [3.8, 4) is 5.75 Å². The second-order valence-electron chi connectivity index (χ2n) is 4.98. The Bertz CT molecular complexity index is 633. The lowest BCUT2D eigenvalue weighted by molar-refractivity contribution is -0.120. The van der Waals surface area contributed by atoms with E-state index in [1.165, 1.54) is 0 Å². The number of carbonyl (C=O) groups excluding carboxylic acids is 1. The molecule has 0 saturated carbocycles. The van der Waals surface area contributed by atoms with E-state index in [1.807, 2.05) is 55.5 Å². The number of benzene rings is 2. The molecule has 0 aliphatic carbocycles. The summed E-state index contributed by atoms with van der Waals surface area (Å²) in [4.78, 5) is 11.3. The van der Waals surface area contributed by atoms with Crippen LogP contribution in [-0.2, 0) is 11.4 Å². The molecule has 2 aromatic rings. The van der Waals surface area contributed by atoms with Crippen LogP contribution >= 0.6 is 24.0 Å². The first-order chi connectivity index (χ1) is 10.6. The van der Waals surface area contributed by atoms with Crippen molar-refractivity contribution in [3.63, 3.8) is 0 Å². The van der Waals surface area contributed by atoms with Gasteiger partial charge in [-0.15, -0.1) is 12.4 Å². The highest BCUT2D eigenvalue weighted by Crippen LogP contribution is 2.19. The zero-order valence-electron chi connectivity index (χ0n) is 12.8. The third-order valence-corrected chi connectivity index (χ3v) is 3.47. The highest BCUT2D eigenvalue weighted by molar-refractivity contribution is 6.30. The first-order valence-electron chi connectivity index (χ1n) is 7.05. The molecule has 0 aliphatic heterocycles. The monoisotopic (exact) mass is 354 g/mol. The summed E-state index contributed by atoms with van der Waals surface area (Å²) < 4.78 is 5.72. The number of ether oxygens (including phenoxy) is 1. The van der Waals surface area contributed by atoms with Gasteiger partial charge in [0.15, 0.2) is 0 Å². The summed E-state index contributed by atoms with van der Waals surface area (Å²) in [7, 11) is 0. The summed E-state index contributed by atoms with van der Waals surface area (Å²) in [5.74, 6) is 0.592. The number of rotatable bonds is 6. The van der Waals surface area contributed by atoms with Gasteiger partial charge in [0.2, 0.25) is 5.91 Å². The molecule has 0 bridgehead atoms. The van der Waals surface area contributed by atoms with Gasteiger partial charge in [-0.1, -0.05) is 35.9 Å². The number of carbonyl (C=O) groups is 1. The Morgan fingerprint density at radius 1 is 1.26 bits per heavy atom. The van der Waals surface area contributed by atoms with Gasteiger partial charge in [-0.05, 0) is 42.3 Å². The van der Waals surface area contributed by atoms with Crippen LogP contribution < -0.4 is 15.8 Å². The van der Waals surface area contributed by atoms with Gasteiger partial charge >= 0.3 is 0 Å². The quantitative estimate of drug-likeness (QED) is 0.834. The minimum Gasteiger partial charge on any atom is -0.489 e. The number of amides is 1. The second kappa shape index (κ2) is 9.40. The van der Waals surface area contributed by atoms with Crippen molar-refractivity contribution in [1.29, 1.82) is 0 Å². The predicted octanol–water partition coefficient (Wildman–Crippen LogP) is 3.48. The van der Waals surface area contributed by atoms with E-state index in [9.17, 15) is 4.79 Å². The Morgan fingerprint density at radius 2 is 1.96 bits per heavy atom. The van der Waals surface area contributed by atoms with E-state index in [4.69, 9.17) is 22.1 Å². The average Bonchev–Trinajstić information content (AvgIpc) is 2.53. The third kappa shape index (κ3) is 6.10. The molecule has 1 amide bonds. The highest BCUT2D eigenvalue weighted by atomic mass is 35.5. The van der Waals surface area contributed by atoms with Gasteiger partial charge in [-0.25, -0.2) is 0 Å². The summed E-state index contributed by atoms with van der Waals surface area (Å²) in [5, 5.41) is 3.51. The van der Waals surface area contributed by atoms with Crippen molar-refractivity contribution in [2.75, 3.05) is 6.54 Å². The third-order valence-electron chi connectivity index (χ3n) is 3.24. The van der Waals surface area contributed by atoms with Crippen molar-refractivity contribution < 1.29 is 9.53 Å². The van der Waals surface area contributed by atoms with Gasteiger partial charge in [0.25, 0.3) is 0 Å². The molecule has 124 valence electrons. The highest BCUT2D eigenvalue weighted by Gasteiger charge is 2.08. The van der Waals surface area contributed by atoms with Gasteiger partial charge in [-0.3, -0.25) is 4.79 Å². The molecule has 0 heterocycles. The van der Waals surface area contributed by atoms with E-state index in [1.54, 1.807) is 0 Å². The van der Waals surface area contributed by atoms with Crippen LogP contribution in [0.1, 0.15) is 24.1 Å². The van der Waals surface area contributed by atoms with Crippen molar-refractivity contribution in [2.45, 2.75) is 19.6 Å². The summed E-state index contributed by atoms with van der Waals surface area (Å²) >= 11 is 5.94. The van der Waals surface area contributed by atoms with Gasteiger partial charge in [0.05, 0.1) is 12.6 Å². The van der Waals surface area contributed by atoms with Gasteiger partial charge < -0.3 is 15.8 Å². The number of nitrogens with two attached hydrogens (primary N) is 1. The van der Waals surface area contributed by atoms with Crippen LogP contribution in [0.25, 0.3) is 0 Å². The molecule has 0 fully saturated rings. The van der Waals surface area contributed by atoms with E-state index in [0.29, 0.717) is 11.6 Å². The molecule has 0 saturated heterocycles. The fourth-order valence-electron chi connectivity index (χ4n) is 2.03. The molecule has 4 nitrogen and oxygen atoms in total. The SMILES string of the molecule is CC(NC(=O)CN)c1ccc(OCc2cccc(Cl)c2)cc1.Cl. The number of hydrogen-bond acceptors (Lipinski definition) is 3. The molecule has 0 spiro atoms. The molecule has 0 radical (unpaired) electrons. The smallest absolute Gasteiger partial charge is 0.234 e. The molecule has 1 atom stereocenters.